The molecule has 1 aromatic carbocycles. The van der Waals surface area contributed by atoms with E-state index in [4.69, 9.17) is 4.43 Å². The average molecular weight is 368 g/mol. The number of hydrogen-bond acceptors (Lipinski definition) is 2. The summed E-state index contributed by atoms with van der Waals surface area (Å²) in [5, 5.41) is 0. The van der Waals surface area contributed by atoms with Crippen LogP contribution < -0.4 is 0 Å². The van der Waals surface area contributed by atoms with Crippen molar-refractivity contribution in [2.75, 3.05) is 6.54 Å². The lowest BCUT2D eigenvalue weighted by Crippen LogP contribution is -2.59. The van der Waals surface area contributed by atoms with Crippen LogP contribution in [0.25, 0.3) is 0 Å². The van der Waals surface area contributed by atoms with Gasteiger partial charge in [-0.15, -0.1) is 0 Å². The van der Waals surface area contributed by atoms with Gasteiger partial charge in [-0.1, -0.05) is 69.6 Å². The molecule has 0 radical (unpaired) electrons. The Morgan fingerprint density at radius 2 is 1.35 bits per heavy atom. The van der Waals surface area contributed by atoms with Gasteiger partial charge in [0.05, 0.1) is 6.61 Å². The van der Waals surface area contributed by atoms with Crippen molar-refractivity contribution in [2.45, 2.75) is 71.4 Å². The summed E-state index contributed by atoms with van der Waals surface area (Å²) in [6, 6.07) is 11.8. The first kappa shape index (κ1) is 20.8. The van der Waals surface area contributed by atoms with Gasteiger partial charge in [0.25, 0.3) is 0 Å². The Morgan fingerprint density at radius 1 is 0.826 bits per heavy atom. The third-order valence-electron chi connectivity index (χ3n) is 4.25. The molecular weight excluding hydrogens is 330 g/mol. The van der Waals surface area contributed by atoms with Crippen molar-refractivity contribution in [3.8, 4) is 0 Å². The summed E-state index contributed by atoms with van der Waals surface area (Å²) < 4.78 is 9.20. The summed E-state index contributed by atoms with van der Waals surface area (Å²) in [6.45, 7) is 21.7. The van der Waals surface area contributed by atoms with Crippen molar-refractivity contribution in [1.29, 1.82) is 0 Å². The highest BCUT2D eigenvalue weighted by atomic mass is 28.4. The quantitative estimate of drug-likeness (QED) is 0.514. The number of rotatable bonds is 9. The monoisotopic (exact) mass is 367 g/mol. The topological polar surface area (TPSA) is 12.5 Å². The molecule has 0 bridgehead atoms. The van der Waals surface area contributed by atoms with Crippen LogP contribution in [-0.4, -0.2) is 35.6 Å². The smallest absolute Gasteiger partial charge is 0.187 e. The van der Waals surface area contributed by atoms with E-state index in [1.807, 2.05) is 0 Å². The van der Waals surface area contributed by atoms with Crippen molar-refractivity contribution in [3.05, 3.63) is 35.9 Å². The highest BCUT2D eigenvalue weighted by molar-refractivity contribution is 6.89. The minimum Gasteiger partial charge on any atom is -0.413 e. The largest absolute Gasteiger partial charge is 0.413 e. The second-order valence-electron chi connectivity index (χ2n) is 9.13. The van der Waals surface area contributed by atoms with E-state index in [0.29, 0.717) is 0 Å². The molecule has 2 nitrogen and oxygen atoms in total. The maximum Gasteiger partial charge on any atom is 0.187 e. The van der Waals surface area contributed by atoms with Crippen molar-refractivity contribution in [2.24, 2.45) is 0 Å². The predicted molar refractivity (Wildman–Crippen MR) is 112 cm³/mol. The van der Waals surface area contributed by atoms with Gasteiger partial charge in [0.1, 0.15) is 16.5 Å². The van der Waals surface area contributed by atoms with Gasteiger partial charge >= 0.3 is 0 Å². The van der Waals surface area contributed by atoms with Crippen LogP contribution in [0.3, 0.4) is 0 Å². The molecule has 0 spiro atoms. The van der Waals surface area contributed by atoms with E-state index in [0.717, 1.165) is 6.61 Å². The first-order chi connectivity index (χ1) is 10.4. The fraction of sp³-hybridized carbons (Fsp3) is 0.667. The van der Waals surface area contributed by atoms with Crippen LogP contribution in [0.1, 0.15) is 12.0 Å². The Morgan fingerprint density at radius 3 is 1.83 bits per heavy atom. The highest BCUT2D eigenvalue weighted by Crippen LogP contribution is 2.23. The van der Waals surface area contributed by atoms with Gasteiger partial charge in [-0.3, -0.25) is 0 Å². The molecule has 0 atom stereocenters. The van der Waals surface area contributed by atoms with Gasteiger partial charge in [-0.2, -0.15) is 0 Å². The third-order valence-corrected chi connectivity index (χ3v) is 14.4. The molecule has 0 saturated carbocycles. The summed E-state index contributed by atoms with van der Waals surface area (Å²) >= 11 is 0. The van der Waals surface area contributed by atoms with E-state index in [-0.39, 0.29) is 0 Å². The molecule has 0 aliphatic rings. The van der Waals surface area contributed by atoms with Gasteiger partial charge in [-0.05, 0) is 37.7 Å². The minimum atomic E-state index is -1.57. The molecule has 0 heterocycles. The second kappa shape index (κ2) is 8.25. The van der Waals surface area contributed by atoms with Crippen LogP contribution >= 0.6 is 0 Å². The van der Waals surface area contributed by atoms with Gasteiger partial charge in [0.15, 0.2) is 8.32 Å². The molecule has 0 fully saturated rings. The first-order valence-electron chi connectivity index (χ1n) is 8.87. The lowest BCUT2D eigenvalue weighted by atomic mass is 10.2. The summed E-state index contributed by atoms with van der Waals surface area (Å²) in [5.41, 5.74) is 1.29. The summed E-state index contributed by atoms with van der Waals surface area (Å²) in [5.74, 6) is 0. The summed E-state index contributed by atoms with van der Waals surface area (Å²) in [7, 11) is -4.01. The van der Waals surface area contributed by atoms with Gasteiger partial charge in [0.2, 0.25) is 0 Å². The van der Waals surface area contributed by atoms with Gasteiger partial charge in [0, 0.05) is 0 Å². The fourth-order valence-corrected chi connectivity index (χ4v) is 14.7. The molecule has 0 amide bonds. The molecule has 0 aliphatic carbocycles. The van der Waals surface area contributed by atoms with E-state index >= 15 is 0 Å². The molecule has 5 heteroatoms. The Balaban J connectivity index is 2.48. The van der Waals surface area contributed by atoms with Gasteiger partial charge < -0.3 is 8.66 Å². The molecule has 0 aromatic heterocycles. The Hall–Kier alpha value is -0.209. The van der Waals surface area contributed by atoms with Crippen molar-refractivity contribution >= 4 is 24.8 Å². The van der Waals surface area contributed by atoms with E-state index in [1.54, 1.807) is 0 Å². The Labute approximate surface area is 147 Å². The zero-order valence-corrected chi connectivity index (χ0v) is 19.6. The summed E-state index contributed by atoms with van der Waals surface area (Å²) in [6.07, 6.45) is 1.28. The normalized spacial score (nSPS) is 13.6. The van der Waals surface area contributed by atoms with Gasteiger partial charge in [-0.25, -0.2) is 0 Å². The van der Waals surface area contributed by atoms with Crippen LogP contribution in [0.4, 0.5) is 0 Å². The molecule has 132 valence electrons. The minimum absolute atomic E-state index is 0.770. The standard InChI is InChI=1S/C18H37NOSi3/c1-21(2,3)19(22(4,5)6)15-12-16-23(7,8)20-17-18-13-10-9-11-14-18/h9-11,13-14H,12,15-17H2,1-8H3. The van der Waals surface area contributed by atoms with E-state index in [1.165, 1.54) is 24.6 Å². The molecule has 0 aliphatic heterocycles. The number of benzene rings is 1. The maximum absolute atomic E-state index is 6.31. The van der Waals surface area contributed by atoms with Crippen LogP contribution in [0.5, 0.6) is 0 Å². The Bertz CT molecular complexity index is 449. The van der Waals surface area contributed by atoms with Crippen molar-refractivity contribution in [3.63, 3.8) is 0 Å². The predicted octanol–water partition coefficient (Wildman–Crippen LogP) is 5.77. The first-order valence-corrected chi connectivity index (χ1v) is 18.9. The molecule has 1 rings (SSSR count). The van der Waals surface area contributed by atoms with Crippen LogP contribution in [0.2, 0.25) is 58.4 Å². The van der Waals surface area contributed by atoms with Crippen LogP contribution in [0.15, 0.2) is 30.3 Å². The summed E-state index contributed by atoms with van der Waals surface area (Å²) in [4.78, 5) is 0. The maximum atomic E-state index is 6.31. The average Bonchev–Trinajstić information content (AvgIpc) is 2.40. The highest BCUT2D eigenvalue weighted by Gasteiger charge is 2.34. The molecule has 23 heavy (non-hydrogen) atoms. The molecule has 0 N–H and O–H groups in total. The second-order valence-corrected chi connectivity index (χ2v) is 23.6. The Kier molecular flexibility index (Phi) is 7.47. The SMILES string of the molecule is C[Si](C)(CCCN([Si](C)(C)C)[Si](C)(C)C)OCc1ccccc1. The number of nitrogens with zero attached hydrogens (tertiary/aromatic N) is 1. The molecule has 1 aromatic rings. The van der Waals surface area contributed by atoms with E-state index < -0.39 is 24.8 Å². The number of hydrogen-bond donors (Lipinski definition) is 0. The van der Waals surface area contributed by atoms with Crippen LogP contribution in [-0.2, 0) is 11.0 Å². The lowest BCUT2D eigenvalue weighted by Gasteiger charge is -2.44. The zero-order chi connectivity index (χ0) is 17.7. The van der Waals surface area contributed by atoms with Crippen LogP contribution in [0, 0.1) is 0 Å². The van der Waals surface area contributed by atoms with Crippen molar-refractivity contribution < 1.29 is 4.43 Å². The fourth-order valence-electron chi connectivity index (χ4n) is 3.27. The third kappa shape index (κ3) is 7.94. The molecule has 0 saturated heterocycles. The van der Waals surface area contributed by atoms with E-state index in [2.05, 4.69) is 86.9 Å². The molecule has 0 unspecified atom stereocenters. The molecular formula is C18H37NOSi3. The zero-order valence-electron chi connectivity index (χ0n) is 16.6. The lowest BCUT2D eigenvalue weighted by molar-refractivity contribution is 0.293. The van der Waals surface area contributed by atoms with Crippen molar-refractivity contribution in [1.82, 2.24) is 4.23 Å². The van der Waals surface area contributed by atoms with E-state index in [9.17, 15) is 0 Å².